The van der Waals surface area contributed by atoms with Gasteiger partial charge < -0.3 is 9.30 Å². The van der Waals surface area contributed by atoms with E-state index in [1.54, 1.807) is 24.3 Å². The second-order valence-corrected chi connectivity index (χ2v) is 9.80. The number of hydrogen-bond donors (Lipinski definition) is 0. The summed E-state index contributed by atoms with van der Waals surface area (Å²) in [6.45, 7) is 5.00. The molecule has 3 aromatic rings. The Kier molecular flexibility index (Phi) is 6.57. The van der Waals surface area contributed by atoms with Crippen LogP contribution < -0.4 is 0 Å². The molecule has 0 spiro atoms. The number of imidazole rings is 1. The monoisotopic (exact) mass is 464 g/mol. The predicted octanol–water partition coefficient (Wildman–Crippen LogP) is 2.99. The molecule has 172 valence electrons. The molecule has 0 aliphatic carbocycles. The number of morpholine rings is 1. The average molecular weight is 465 g/mol. The Morgan fingerprint density at radius 2 is 1.81 bits per heavy atom. The first kappa shape index (κ1) is 22.8. The fourth-order valence-corrected chi connectivity index (χ4v) is 5.41. The van der Waals surface area contributed by atoms with Crippen LogP contribution in [0.2, 0.25) is 0 Å². The van der Waals surface area contributed by atoms with Gasteiger partial charge in [-0.3, -0.25) is 4.90 Å². The Hall–Kier alpha value is -2.40. The summed E-state index contributed by atoms with van der Waals surface area (Å²) in [5.41, 5.74) is 2.12. The lowest BCUT2D eigenvalue weighted by atomic mass is 10.2. The van der Waals surface area contributed by atoms with Crippen molar-refractivity contribution in [2.45, 2.75) is 31.5 Å². The SMILES string of the molecule is CCn1c(CN(C)Cc2ccc(F)c(F)c2)nc2cc(S(=O)(=O)N3CCOCC3)ccc21. The molecule has 1 aliphatic heterocycles. The first-order valence-corrected chi connectivity index (χ1v) is 11.9. The summed E-state index contributed by atoms with van der Waals surface area (Å²) in [4.78, 5) is 6.86. The van der Waals surface area contributed by atoms with Crippen LogP contribution in [0.3, 0.4) is 0 Å². The van der Waals surface area contributed by atoms with E-state index in [4.69, 9.17) is 9.72 Å². The van der Waals surface area contributed by atoms with Gasteiger partial charge in [0.25, 0.3) is 0 Å². The molecule has 0 unspecified atom stereocenters. The lowest BCUT2D eigenvalue weighted by Crippen LogP contribution is -2.40. The van der Waals surface area contributed by atoms with E-state index in [2.05, 4.69) is 0 Å². The number of sulfonamides is 1. The average Bonchev–Trinajstić information content (AvgIpc) is 3.12. The first-order valence-electron chi connectivity index (χ1n) is 10.5. The molecule has 0 amide bonds. The highest BCUT2D eigenvalue weighted by Crippen LogP contribution is 2.24. The Labute approximate surface area is 186 Å². The molecule has 4 rings (SSSR count). The van der Waals surface area contributed by atoms with E-state index in [1.165, 1.54) is 10.4 Å². The maximum Gasteiger partial charge on any atom is 0.243 e. The van der Waals surface area contributed by atoms with Crippen molar-refractivity contribution in [2.75, 3.05) is 33.4 Å². The molecule has 0 radical (unpaired) electrons. The number of rotatable bonds is 7. The minimum atomic E-state index is -3.61. The Morgan fingerprint density at radius 1 is 1.06 bits per heavy atom. The van der Waals surface area contributed by atoms with Gasteiger partial charge in [0.1, 0.15) is 5.82 Å². The van der Waals surface area contributed by atoms with Gasteiger partial charge in [0.05, 0.1) is 35.7 Å². The molecule has 0 N–H and O–H groups in total. The number of nitrogens with zero attached hydrogens (tertiary/aromatic N) is 4. The molecule has 10 heteroatoms. The highest BCUT2D eigenvalue weighted by atomic mass is 32.2. The summed E-state index contributed by atoms with van der Waals surface area (Å²) in [6, 6.07) is 8.90. The zero-order valence-electron chi connectivity index (χ0n) is 18.1. The van der Waals surface area contributed by atoms with Crippen molar-refractivity contribution in [2.24, 2.45) is 0 Å². The summed E-state index contributed by atoms with van der Waals surface area (Å²) in [5, 5.41) is 0. The van der Waals surface area contributed by atoms with Crippen LogP contribution in [0.25, 0.3) is 11.0 Å². The number of fused-ring (bicyclic) bond motifs is 1. The second-order valence-electron chi connectivity index (χ2n) is 7.86. The fraction of sp³-hybridized carbons (Fsp3) is 0.409. The molecule has 2 aromatic carbocycles. The van der Waals surface area contributed by atoms with E-state index in [1.807, 2.05) is 23.4 Å². The van der Waals surface area contributed by atoms with Gasteiger partial charge in [-0.25, -0.2) is 22.2 Å². The van der Waals surface area contributed by atoms with Crippen molar-refractivity contribution < 1.29 is 21.9 Å². The van der Waals surface area contributed by atoms with Gasteiger partial charge in [0, 0.05) is 26.2 Å². The smallest absolute Gasteiger partial charge is 0.243 e. The van der Waals surface area contributed by atoms with Gasteiger partial charge in [-0.15, -0.1) is 0 Å². The van der Waals surface area contributed by atoms with Crippen molar-refractivity contribution in [3.8, 4) is 0 Å². The van der Waals surface area contributed by atoms with Gasteiger partial charge in [0.2, 0.25) is 10.0 Å². The number of benzene rings is 2. The maximum absolute atomic E-state index is 13.5. The van der Waals surface area contributed by atoms with Crippen molar-refractivity contribution >= 4 is 21.1 Å². The van der Waals surface area contributed by atoms with E-state index in [-0.39, 0.29) is 4.90 Å². The third-order valence-electron chi connectivity index (χ3n) is 5.57. The van der Waals surface area contributed by atoms with Crippen molar-refractivity contribution in [3.05, 3.63) is 59.4 Å². The van der Waals surface area contributed by atoms with Crippen LogP contribution in [0.15, 0.2) is 41.3 Å². The zero-order chi connectivity index (χ0) is 22.9. The standard InChI is InChI=1S/C22H26F2N4O3S/c1-3-28-21-7-5-17(32(29,30)27-8-10-31-11-9-27)13-20(21)25-22(28)15-26(2)14-16-4-6-18(23)19(24)12-16/h4-7,12-13H,3,8-11,14-15H2,1-2H3. The van der Waals surface area contributed by atoms with Gasteiger partial charge in [-0.1, -0.05) is 6.07 Å². The third kappa shape index (κ3) is 4.54. The topological polar surface area (TPSA) is 67.7 Å². The van der Waals surface area contributed by atoms with Crippen molar-refractivity contribution in [3.63, 3.8) is 0 Å². The molecule has 0 atom stereocenters. The van der Waals surface area contributed by atoms with E-state index in [0.717, 1.165) is 17.4 Å². The molecule has 1 aromatic heterocycles. The summed E-state index contributed by atoms with van der Waals surface area (Å²) in [5.74, 6) is -0.966. The largest absolute Gasteiger partial charge is 0.379 e. The molecule has 0 saturated carbocycles. The van der Waals surface area contributed by atoms with Crippen LogP contribution in [0, 0.1) is 11.6 Å². The number of hydrogen-bond acceptors (Lipinski definition) is 5. The van der Waals surface area contributed by atoms with E-state index in [0.29, 0.717) is 57.0 Å². The van der Waals surface area contributed by atoms with Crippen LogP contribution in [0.5, 0.6) is 0 Å². The Balaban J connectivity index is 1.58. The predicted molar refractivity (Wildman–Crippen MR) is 117 cm³/mol. The van der Waals surface area contributed by atoms with Crippen LogP contribution in [-0.4, -0.2) is 60.5 Å². The van der Waals surface area contributed by atoms with Crippen molar-refractivity contribution in [1.29, 1.82) is 0 Å². The Bertz CT molecular complexity index is 1220. The van der Waals surface area contributed by atoms with Gasteiger partial charge in [-0.2, -0.15) is 4.31 Å². The highest BCUT2D eigenvalue weighted by molar-refractivity contribution is 7.89. The molecule has 0 bridgehead atoms. The maximum atomic E-state index is 13.5. The van der Waals surface area contributed by atoms with Crippen LogP contribution in [0.4, 0.5) is 8.78 Å². The highest BCUT2D eigenvalue weighted by Gasteiger charge is 2.27. The van der Waals surface area contributed by atoms with Crippen LogP contribution >= 0.6 is 0 Å². The molecular weight excluding hydrogens is 438 g/mol. The molecule has 1 aliphatic rings. The number of aryl methyl sites for hydroxylation is 1. The second kappa shape index (κ2) is 9.22. The number of aromatic nitrogens is 2. The summed E-state index contributed by atoms with van der Waals surface area (Å²) in [6.07, 6.45) is 0. The molecular formula is C22H26F2N4O3S. The molecule has 1 fully saturated rings. The van der Waals surface area contributed by atoms with Gasteiger partial charge in [0.15, 0.2) is 11.6 Å². The minimum Gasteiger partial charge on any atom is -0.379 e. The lowest BCUT2D eigenvalue weighted by Gasteiger charge is -2.26. The van der Waals surface area contributed by atoms with Crippen molar-refractivity contribution in [1.82, 2.24) is 18.8 Å². The summed E-state index contributed by atoms with van der Waals surface area (Å²) < 4.78 is 61.4. The number of ether oxygens (including phenoxy) is 1. The zero-order valence-corrected chi connectivity index (χ0v) is 18.9. The molecule has 2 heterocycles. The van der Waals surface area contributed by atoms with Gasteiger partial charge in [-0.05, 0) is 49.9 Å². The van der Waals surface area contributed by atoms with Crippen LogP contribution in [-0.2, 0) is 34.4 Å². The van der Waals surface area contributed by atoms with E-state index >= 15 is 0 Å². The summed E-state index contributed by atoms with van der Waals surface area (Å²) in [7, 11) is -1.74. The van der Waals surface area contributed by atoms with E-state index in [9.17, 15) is 17.2 Å². The summed E-state index contributed by atoms with van der Waals surface area (Å²) >= 11 is 0. The van der Waals surface area contributed by atoms with Crippen LogP contribution in [0.1, 0.15) is 18.3 Å². The molecule has 32 heavy (non-hydrogen) atoms. The molecule has 7 nitrogen and oxygen atoms in total. The first-order chi connectivity index (χ1) is 15.3. The minimum absolute atomic E-state index is 0.217. The molecule has 1 saturated heterocycles. The van der Waals surface area contributed by atoms with Gasteiger partial charge >= 0.3 is 0 Å². The van der Waals surface area contributed by atoms with E-state index < -0.39 is 21.7 Å². The quantitative estimate of drug-likeness (QED) is 0.538. The normalized spacial score (nSPS) is 15.7. The lowest BCUT2D eigenvalue weighted by molar-refractivity contribution is 0.0730. The third-order valence-corrected chi connectivity index (χ3v) is 7.47. The fourth-order valence-electron chi connectivity index (χ4n) is 3.98. The number of halogens is 2. The Morgan fingerprint density at radius 3 is 2.50 bits per heavy atom.